The van der Waals surface area contributed by atoms with E-state index in [1.165, 1.54) is 12.1 Å². The highest BCUT2D eigenvalue weighted by atomic mass is 35.5. The van der Waals surface area contributed by atoms with Crippen molar-refractivity contribution in [1.29, 1.82) is 0 Å². The molecule has 1 aromatic heterocycles. The van der Waals surface area contributed by atoms with E-state index in [-0.39, 0.29) is 5.02 Å². The molecule has 0 unspecified atom stereocenters. The van der Waals surface area contributed by atoms with Gasteiger partial charge in [-0.25, -0.2) is 9.37 Å². The number of oxazole rings is 1. The van der Waals surface area contributed by atoms with E-state index in [0.717, 1.165) is 38.6 Å². The van der Waals surface area contributed by atoms with Crippen LogP contribution < -0.4 is 5.73 Å². The molecule has 0 aliphatic heterocycles. The number of unbranched alkanes of at least 4 members (excludes halogenated alkanes) is 3. The first kappa shape index (κ1) is 13.3. The van der Waals surface area contributed by atoms with Gasteiger partial charge in [-0.1, -0.05) is 24.4 Å². The lowest BCUT2D eigenvalue weighted by molar-refractivity contribution is 0.506. The lowest BCUT2D eigenvalue weighted by atomic mass is 10.1. The molecule has 0 radical (unpaired) electrons. The predicted octanol–water partition coefficient (Wildman–Crippen LogP) is 3.68. The minimum absolute atomic E-state index is 0.0743. The standard InChI is InChI=1S/C13H16ClFN2O/c14-9-7-11-12(8-10(9)15)18-13(17-11)5-3-1-2-4-6-16/h7-8H,1-6,16H2. The maximum absolute atomic E-state index is 13.2. The Balaban J connectivity index is 1.97. The van der Waals surface area contributed by atoms with E-state index < -0.39 is 5.82 Å². The summed E-state index contributed by atoms with van der Waals surface area (Å²) in [6.07, 6.45) is 5.04. The van der Waals surface area contributed by atoms with E-state index in [2.05, 4.69) is 4.98 Å². The average Bonchev–Trinajstić information content (AvgIpc) is 2.71. The first-order valence-electron chi connectivity index (χ1n) is 6.15. The quantitative estimate of drug-likeness (QED) is 0.815. The van der Waals surface area contributed by atoms with Crippen molar-refractivity contribution in [3.8, 4) is 0 Å². The summed E-state index contributed by atoms with van der Waals surface area (Å²) < 4.78 is 18.7. The van der Waals surface area contributed by atoms with Crippen LogP contribution in [-0.4, -0.2) is 11.5 Å². The van der Waals surface area contributed by atoms with E-state index in [1.54, 1.807) is 0 Å². The van der Waals surface area contributed by atoms with Gasteiger partial charge >= 0.3 is 0 Å². The summed E-state index contributed by atoms with van der Waals surface area (Å²) in [6.45, 7) is 0.737. The molecule has 0 amide bonds. The highest BCUT2D eigenvalue weighted by Crippen LogP contribution is 2.24. The summed E-state index contributed by atoms with van der Waals surface area (Å²) >= 11 is 5.69. The molecule has 0 atom stereocenters. The van der Waals surface area contributed by atoms with Gasteiger partial charge in [0.05, 0.1) is 5.02 Å². The second-order valence-electron chi connectivity index (χ2n) is 4.29. The number of nitrogens with zero attached hydrogens (tertiary/aromatic N) is 1. The SMILES string of the molecule is NCCCCCCc1nc2cc(Cl)c(F)cc2o1. The third-order valence-electron chi connectivity index (χ3n) is 2.82. The summed E-state index contributed by atoms with van der Waals surface area (Å²) in [5.74, 6) is 0.161. The molecule has 98 valence electrons. The molecule has 0 spiro atoms. The normalized spacial score (nSPS) is 11.3. The zero-order chi connectivity index (χ0) is 13.0. The monoisotopic (exact) mass is 270 g/mol. The zero-order valence-corrected chi connectivity index (χ0v) is 10.8. The Morgan fingerprint density at radius 2 is 2.00 bits per heavy atom. The van der Waals surface area contributed by atoms with Gasteiger partial charge < -0.3 is 10.2 Å². The van der Waals surface area contributed by atoms with E-state index in [1.807, 2.05) is 0 Å². The number of benzene rings is 1. The van der Waals surface area contributed by atoms with Crippen LogP contribution in [0, 0.1) is 5.82 Å². The fourth-order valence-corrected chi connectivity index (χ4v) is 2.01. The van der Waals surface area contributed by atoms with Crippen LogP contribution in [0.5, 0.6) is 0 Å². The molecule has 0 saturated heterocycles. The first-order chi connectivity index (χ1) is 8.70. The number of halogens is 2. The molecule has 5 heteroatoms. The summed E-state index contributed by atoms with van der Waals surface area (Å²) in [5, 5.41) is 0.0743. The largest absolute Gasteiger partial charge is 0.441 e. The van der Waals surface area contributed by atoms with Gasteiger partial charge in [0.15, 0.2) is 11.5 Å². The predicted molar refractivity (Wildman–Crippen MR) is 70.2 cm³/mol. The van der Waals surface area contributed by atoms with Crippen LogP contribution in [-0.2, 0) is 6.42 Å². The Morgan fingerprint density at radius 1 is 1.22 bits per heavy atom. The van der Waals surface area contributed by atoms with Gasteiger partial charge in [-0.05, 0) is 25.5 Å². The van der Waals surface area contributed by atoms with Crippen LogP contribution in [0.25, 0.3) is 11.1 Å². The fourth-order valence-electron chi connectivity index (χ4n) is 1.85. The Hall–Kier alpha value is -1.13. The second-order valence-corrected chi connectivity index (χ2v) is 4.70. The highest BCUT2D eigenvalue weighted by molar-refractivity contribution is 6.31. The van der Waals surface area contributed by atoms with Crippen LogP contribution in [0.3, 0.4) is 0 Å². The molecule has 18 heavy (non-hydrogen) atoms. The van der Waals surface area contributed by atoms with E-state index in [4.69, 9.17) is 21.8 Å². The summed E-state index contributed by atoms with van der Waals surface area (Å²) in [7, 11) is 0. The molecule has 2 rings (SSSR count). The summed E-state index contributed by atoms with van der Waals surface area (Å²) in [6, 6.07) is 2.77. The van der Waals surface area contributed by atoms with E-state index in [9.17, 15) is 4.39 Å². The Kier molecular flexibility index (Phi) is 4.55. The smallest absolute Gasteiger partial charge is 0.195 e. The molecule has 2 aromatic rings. The van der Waals surface area contributed by atoms with Crippen LogP contribution in [0.1, 0.15) is 31.6 Å². The lowest BCUT2D eigenvalue weighted by Gasteiger charge is -1.96. The Labute approximate surface area is 110 Å². The highest BCUT2D eigenvalue weighted by Gasteiger charge is 2.09. The zero-order valence-electron chi connectivity index (χ0n) is 10.1. The van der Waals surface area contributed by atoms with Crippen molar-refractivity contribution in [3.05, 3.63) is 28.9 Å². The molecule has 0 bridgehead atoms. The van der Waals surface area contributed by atoms with Crippen molar-refractivity contribution in [2.24, 2.45) is 5.73 Å². The Morgan fingerprint density at radius 3 is 2.78 bits per heavy atom. The van der Waals surface area contributed by atoms with Crippen LogP contribution in [0.15, 0.2) is 16.5 Å². The third-order valence-corrected chi connectivity index (χ3v) is 3.11. The van der Waals surface area contributed by atoms with E-state index >= 15 is 0 Å². The van der Waals surface area contributed by atoms with Gasteiger partial charge in [0.2, 0.25) is 0 Å². The molecule has 0 fully saturated rings. The van der Waals surface area contributed by atoms with Crippen molar-refractivity contribution in [1.82, 2.24) is 4.98 Å². The maximum atomic E-state index is 13.2. The topological polar surface area (TPSA) is 52.0 Å². The van der Waals surface area contributed by atoms with Crippen molar-refractivity contribution in [2.45, 2.75) is 32.1 Å². The van der Waals surface area contributed by atoms with Gasteiger partial charge in [-0.2, -0.15) is 0 Å². The van der Waals surface area contributed by atoms with Crippen LogP contribution in [0.4, 0.5) is 4.39 Å². The molecular weight excluding hydrogens is 255 g/mol. The maximum Gasteiger partial charge on any atom is 0.195 e. The van der Waals surface area contributed by atoms with Crippen molar-refractivity contribution in [3.63, 3.8) is 0 Å². The van der Waals surface area contributed by atoms with Gasteiger partial charge in [0.1, 0.15) is 11.3 Å². The molecule has 3 nitrogen and oxygen atoms in total. The summed E-state index contributed by atoms with van der Waals surface area (Å²) in [4.78, 5) is 4.29. The van der Waals surface area contributed by atoms with E-state index in [0.29, 0.717) is 17.0 Å². The van der Waals surface area contributed by atoms with Crippen LogP contribution in [0.2, 0.25) is 5.02 Å². The van der Waals surface area contributed by atoms with Gasteiger partial charge in [-0.15, -0.1) is 0 Å². The minimum Gasteiger partial charge on any atom is -0.441 e. The average molecular weight is 271 g/mol. The number of nitrogens with two attached hydrogens (primary N) is 1. The number of fused-ring (bicyclic) bond motifs is 1. The number of hydrogen-bond acceptors (Lipinski definition) is 3. The first-order valence-corrected chi connectivity index (χ1v) is 6.53. The molecular formula is C13H16ClFN2O. The van der Waals surface area contributed by atoms with Crippen LogP contribution >= 0.6 is 11.6 Å². The number of aromatic nitrogens is 1. The number of hydrogen-bond donors (Lipinski definition) is 1. The molecule has 1 aromatic carbocycles. The number of aryl methyl sites for hydroxylation is 1. The molecule has 0 aliphatic carbocycles. The molecule has 0 saturated carbocycles. The van der Waals surface area contributed by atoms with Gasteiger partial charge in [-0.3, -0.25) is 0 Å². The second kappa shape index (κ2) is 6.16. The molecule has 0 aliphatic rings. The number of rotatable bonds is 6. The van der Waals surface area contributed by atoms with Gasteiger partial charge in [0, 0.05) is 12.5 Å². The molecule has 2 N–H and O–H groups in total. The Bertz CT molecular complexity index is 488. The van der Waals surface area contributed by atoms with Gasteiger partial charge in [0.25, 0.3) is 0 Å². The fraction of sp³-hybridized carbons (Fsp3) is 0.462. The molecule has 1 heterocycles. The van der Waals surface area contributed by atoms with Crippen molar-refractivity contribution in [2.75, 3.05) is 6.54 Å². The third kappa shape index (κ3) is 3.21. The van der Waals surface area contributed by atoms with Crippen molar-refractivity contribution >= 4 is 22.7 Å². The summed E-state index contributed by atoms with van der Waals surface area (Å²) in [5.41, 5.74) is 6.48. The van der Waals surface area contributed by atoms with Crippen molar-refractivity contribution < 1.29 is 8.81 Å². The lowest BCUT2D eigenvalue weighted by Crippen LogP contribution is -1.97. The minimum atomic E-state index is -0.477.